The van der Waals surface area contributed by atoms with Crippen LogP contribution in [-0.4, -0.2) is 29.9 Å². The maximum absolute atomic E-state index is 12.4. The van der Waals surface area contributed by atoms with E-state index >= 15 is 0 Å². The van der Waals surface area contributed by atoms with Crippen molar-refractivity contribution in [2.24, 2.45) is 52.3 Å². The Morgan fingerprint density at radius 2 is 1.56 bits per heavy atom. The number of ketones is 1. The van der Waals surface area contributed by atoms with Gasteiger partial charge in [-0.05, 0) is 98.7 Å². The molecule has 0 aromatic rings. The third kappa shape index (κ3) is 4.89. The van der Waals surface area contributed by atoms with Crippen LogP contribution in [0, 0.1) is 52.3 Å². The molecule has 4 fully saturated rings. The summed E-state index contributed by atoms with van der Waals surface area (Å²) in [5.41, 5.74) is 0.192. The van der Waals surface area contributed by atoms with Gasteiger partial charge in [0, 0.05) is 31.6 Å². The van der Waals surface area contributed by atoms with Gasteiger partial charge >= 0.3 is 11.9 Å². The number of fused-ring (bicyclic) bond motifs is 5. The zero-order valence-corrected chi connectivity index (χ0v) is 23.8. The van der Waals surface area contributed by atoms with Crippen molar-refractivity contribution in [2.45, 2.75) is 125 Å². The first kappa shape index (κ1) is 27.6. The van der Waals surface area contributed by atoms with Crippen LogP contribution in [0.5, 0.6) is 0 Å². The van der Waals surface area contributed by atoms with E-state index in [4.69, 9.17) is 9.47 Å². The summed E-state index contributed by atoms with van der Waals surface area (Å²) in [5.74, 6) is 3.41. The van der Waals surface area contributed by atoms with Crippen molar-refractivity contribution in [3.05, 3.63) is 0 Å². The first-order valence-electron chi connectivity index (χ1n) is 14.7. The third-order valence-corrected chi connectivity index (χ3v) is 11.6. The first-order valence-corrected chi connectivity index (χ1v) is 14.7. The van der Waals surface area contributed by atoms with Gasteiger partial charge in [0.2, 0.25) is 0 Å². The van der Waals surface area contributed by atoms with Crippen LogP contribution in [0.3, 0.4) is 0 Å². The lowest BCUT2D eigenvalue weighted by atomic mass is 9.43. The predicted molar refractivity (Wildman–Crippen MR) is 140 cm³/mol. The van der Waals surface area contributed by atoms with Crippen LogP contribution >= 0.6 is 0 Å². The van der Waals surface area contributed by atoms with Crippen LogP contribution < -0.4 is 0 Å². The van der Waals surface area contributed by atoms with Crippen LogP contribution in [0.1, 0.15) is 113 Å². The Morgan fingerprint density at radius 3 is 2.19 bits per heavy atom. The highest BCUT2D eigenvalue weighted by atomic mass is 16.5. The molecule has 0 radical (unpaired) electrons. The standard InChI is InChI=1S/C31H50O5/c1-18(2)28(34)13-8-19(3)25-11-12-26-24-10-9-22-16-23(35-20(4)32)14-15-30(22,6)27(24)17-29(31(25,26)7)36-21(5)33/h18-19,22-27,29H,8-17H2,1-7H3/t19-,22-,23-,24+,25-,26+,27+,29+,30+,31-/m1/s1. The zero-order valence-electron chi connectivity index (χ0n) is 23.8. The minimum absolute atomic E-state index is 0.0225. The predicted octanol–water partition coefficient (Wildman–Crippen LogP) is 6.76. The first-order chi connectivity index (χ1) is 16.9. The Kier molecular flexibility index (Phi) is 7.99. The van der Waals surface area contributed by atoms with Gasteiger partial charge in [-0.1, -0.05) is 34.6 Å². The fourth-order valence-electron chi connectivity index (χ4n) is 9.69. The number of hydrogen-bond acceptors (Lipinski definition) is 5. The fraction of sp³-hybridized carbons (Fsp3) is 0.903. The van der Waals surface area contributed by atoms with E-state index in [0.717, 1.165) is 32.1 Å². The summed E-state index contributed by atoms with van der Waals surface area (Å²) in [4.78, 5) is 36.3. The summed E-state index contributed by atoms with van der Waals surface area (Å²) >= 11 is 0. The second kappa shape index (κ2) is 10.4. The summed E-state index contributed by atoms with van der Waals surface area (Å²) in [6, 6.07) is 0. The number of carbonyl (C=O) groups excluding carboxylic acids is 3. The molecule has 5 nitrogen and oxygen atoms in total. The van der Waals surface area contributed by atoms with Crippen LogP contribution in [0.2, 0.25) is 0 Å². The molecular formula is C31H50O5. The van der Waals surface area contributed by atoms with Gasteiger partial charge in [-0.25, -0.2) is 0 Å². The van der Waals surface area contributed by atoms with Crippen molar-refractivity contribution in [1.29, 1.82) is 0 Å². The summed E-state index contributed by atoms with van der Waals surface area (Å²) in [7, 11) is 0. The quantitative estimate of drug-likeness (QED) is 0.360. The number of ether oxygens (including phenoxy) is 2. The van der Waals surface area contributed by atoms with Crippen molar-refractivity contribution in [1.82, 2.24) is 0 Å². The van der Waals surface area contributed by atoms with Crippen LogP contribution in [-0.2, 0) is 23.9 Å². The maximum atomic E-state index is 12.4. The van der Waals surface area contributed by atoms with Crippen molar-refractivity contribution >= 4 is 17.7 Å². The highest BCUT2D eigenvalue weighted by Crippen LogP contribution is 2.69. The van der Waals surface area contributed by atoms with E-state index in [0.29, 0.717) is 47.7 Å². The van der Waals surface area contributed by atoms with Crippen LogP contribution in [0.15, 0.2) is 0 Å². The largest absolute Gasteiger partial charge is 0.463 e. The smallest absolute Gasteiger partial charge is 0.302 e. The molecule has 0 N–H and O–H groups in total. The van der Waals surface area contributed by atoms with Crippen molar-refractivity contribution in [3.63, 3.8) is 0 Å². The number of carbonyl (C=O) groups is 3. The molecule has 0 aromatic heterocycles. The van der Waals surface area contributed by atoms with Gasteiger partial charge in [0.15, 0.2) is 0 Å². The van der Waals surface area contributed by atoms with Gasteiger partial charge in [-0.2, -0.15) is 0 Å². The Morgan fingerprint density at radius 1 is 0.861 bits per heavy atom. The van der Waals surface area contributed by atoms with Crippen LogP contribution in [0.25, 0.3) is 0 Å². The van der Waals surface area contributed by atoms with E-state index in [1.54, 1.807) is 6.92 Å². The average Bonchev–Trinajstić information content (AvgIpc) is 3.15. The Balaban J connectivity index is 1.57. The second-order valence-corrected chi connectivity index (χ2v) is 13.7. The van der Waals surface area contributed by atoms with E-state index in [1.165, 1.54) is 32.6 Å². The van der Waals surface area contributed by atoms with Crippen LogP contribution in [0.4, 0.5) is 0 Å². The van der Waals surface area contributed by atoms with Crippen molar-refractivity contribution in [3.8, 4) is 0 Å². The number of rotatable bonds is 7. The summed E-state index contributed by atoms with van der Waals surface area (Å²) in [6.45, 7) is 14.3. The van der Waals surface area contributed by atoms with Gasteiger partial charge in [-0.15, -0.1) is 0 Å². The lowest BCUT2D eigenvalue weighted by molar-refractivity contribution is -0.197. The molecule has 0 amide bonds. The molecule has 0 bridgehead atoms. The van der Waals surface area contributed by atoms with E-state index < -0.39 is 0 Å². The van der Waals surface area contributed by atoms with Crippen molar-refractivity contribution in [2.75, 3.05) is 0 Å². The number of Topliss-reactive ketones (excluding diaryl/α,β-unsaturated/α-hetero) is 1. The maximum Gasteiger partial charge on any atom is 0.302 e. The summed E-state index contributed by atoms with van der Waals surface area (Å²) in [6.07, 6.45) is 10.4. The minimum atomic E-state index is -0.165. The van der Waals surface area contributed by atoms with E-state index in [-0.39, 0.29) is 40.9 Å². The molecule has 4 aliphatic carbocycles. The molecular weight excluding hydrogens is 452 g/mol. The third-order valence-electron chi connectivity index (χ3n) is 11.6. The van der Waals surface area contributed by atoms with E-state index in [1.807, 2.05) is 13.8 Å². The summed E-state index contributed by atoms with van der Waals surface area (Å²) in [5, 5.41) is 0. The van der Waals surface area contributed by atoms with E-state index in [2.05, 4.69) is 20.8 Å². The van der Waals surface area contributed by atoms with Gasteiger partial charge in [-0.3, -0.25) is 14.4 Å². The molecule has 0 saturated heterocycles. The highest BCUT2D eigenvalue weighted by Gasteiger charge is 2.65. The average molecular weight is 503 g/mol. The Bertz CT molecular complexity index is 850. The number of esters is 2. The Hall–Kier alpha value is -1.39. The van der Waals surface area contributed by atoms with E-state index in [9.17, 15) is 14.4 Å². The molecule has 0 spiro atoms. The highest BCUT2D eigenvalue weighted by molar-refractivity contribution is 5.80. The molecule has 0 heterocycles. The van der Waals surface area contributed by atoms with Gasteiger partial charge < -0.3 is 9.47 Å². The van der Waals surface area contributed by atoms with Gasteiger partial charge in [0.05, 0.1) is 0 Å². The minimum Gasteiger partial charge on any atom is -0.463 e. The lowest BCUT2D eigenvalue weighted by Crippen LogP contribution is -2.59. The van der Waals surface area contributed by atoms with Gasteiger partial charge in [0.1, 0.15) is 18.0 Å². The second-order valence-electron chi connectivity index (χ2n) is 13.7. The molecule has 4 rings (SSSR count). The molecule has 0 aliphatic heterocycles. The molecule has 5 heteroatoms. The Labute approximate surface area is 218 Å². The zero-order chi connectivity index (χ0) is 26.4. The molecule has 4 saturated carbocycles. The molecule has 204 valence electrons. The molecule has 36 heavy (non-hydrogen) atoms. The SMILES string of the molecule is CC(=O)O[C@@H]1CC[C@@]2(C)[C@H](CC[C@@H]3[C@@H]2C[C@H](OC(C)=O)[C@]2(C)[C@@H]([C@H](C)CCC(=O)C(C)C)CC[C@@H]32)C1. The fourth-order valence-corrected chi connectivity index (χ4v) is 9.69. The molecule has 4 aliphatic rings. The van der Waals surface area contributed by atoms with Gasteiger partial charge in [0.25, 0.3) is 0 Å². The lowest BCUT2D eigenvalue weighted by Gasteiger charge is -2.62. The monoisotopic (exact) mass is 502 g/mol. The summed E-state index contributed by atoms with van der Waals surface area (Å²) < 4.78 is 11.9. The topological polar surface area (TPSA) is 69.7 Å². The van der Waals surface area contributed by atoms with Crippen molar-refractivity contribution < 1.29 is 23.9 Å². The molecule has 10 atom stereocenters. The molecule has 0 unspecified atom stereocenters. The number of hydrogen-bond donors (Lipinski definition) is 0. The molecule has 0 aromatic carbocycles. The normalized spacial score (nSPS) is 42.6.